The third kappa shape index (κ3) is 4.58. The fourth-order valence-corrected chi connectivity index (χ4v) is 9.10. The molecule has 8 atom stereocenters. The van der Waals surface area contributed by atoms with E-state index in [0.29, 0.717) is 5.41 Å². The minimum Gasteiger partial charge on any atom is -0.462 e. The molecule has 0 aromatic heterocycles. The van der Waals surface area contributed by atoms with Crippen molar-refractivity contribution >= 4 is 5.97 Å². The summed E-state index contributed by atoms with van der Waals surface area (Å²) in [6, 6.07) is 0. The summed E-state index contributed by atoms with van der Waals surface area (Å²) in [5.41, 5.74) is 4.11. The first-order valence-electron chi connectivity index (χ1n) is 14.1. The number of ether oxygens (including phenoxy) is 1. The second-order valence-electron chi connectivity index (χ2n) is 12.8. The quantitative estimate of drug-likeness (QED) is 0.292. The standard InChI is InChI=1S/C30H50O2/c1-7-22-17-27-25(24-12-11-23(18-26(22)24)32-21(5)31)15-16-30(6)28(13-14-29(27)30)20(4)10-8-9-19(2)3/h19-20,22-23,25,27-29H,7-18H2,1-6H3/t20-,22?,23+,25-,27-,28-,29+,30-/m1/s1. The van der Waals surface area contributed by atoms with Crippen molar-refractivity contribution in [3.05, 3.63) is 11.1 Å². The van der Waals surface area contributed by atoms with Gasteiger partial charge in [-0.15, -0.1) is 0 Å². The van der Waals surface area contributed by atoms with Gasteiger partial charge in [-0.1, -0.05) is 65.0 Å². The predicted molar refractivity (Wildman–Crippen MR) is 133 cm³/mol. The van der Waals surface area contributed by atoms with Gasteiger partial charge in [0.1, 0.15) is 6.10 Å². The lowest BCUT2D eigenvalue weighted by Crippen LogP contribution is -2.46. The van der Waals surface area contributed by atoms with Crippen LogP contribution in [0.15, 0.2) is 11.1 Å². The molecule has 2 saturated carbocycles. The van der Waals surface area contributed by atoms with Crippen molar-refractivity contribution in [2.24, 2.45) is 46.8 Å². The smallest absolute Gasteiger partial charge is 0.302 e. The first-order chi connectivity index (χ1) is 15.2. The van der Waals surface area contributed by atoms with Crippen molar-refractivity contribution in [1.29, 1.82) is 0 Å². The molecule has 4 rings (SSSR count). The van der Waals surface area contributed by atoms with Gasteiger partial charge in [0.2, 0.25) is 0 Å². The van der Waals surface area contributed by atoms with Gasteiger partial charge in [0.05, 0.1) is 0 Å². The van der Waals surface area contributed by atoms with Crippen LogP contribution >= 0.6 is 0 Å². The van der Waals surface area contributed by atoms with Crippen molar-refractivity contribution < 1.29 is 9.53 Å². The third-order valence-electron chi connectivity index (χ3n) is 10.6. The molecule has 0 saturated heterocycles. The van der Waals surface area contributed by atoms with E-state index in [9.17, 15) is 4.79 Å². The van der Waals surface area contributed by atoms with Gasteiger partial charge in [0, 0.05) is 13.3 Å². The zero-order valence-corrected chi connectivity index (χ0v) is 21.9. The number of carbonyl (C=O) groups is 1. The number of hydrogen-bond donors (Lipinski definition) is 0. The van der Waals surface area contributed by atoms with Crippen LogP contribution in [0.4, 0.5) is 0 Å². The van der Waals surface area contributed by atoms with E-state index in [-0.39, 0.29) is 12.1 Å². The van der Waals surface area contributed by atoms with Crippen LogP contribution in [-0.2, 0) is 9.53 Å². The summed E-state index contributed by atoms with van der Waals surface area (Å²) in [5.74, 6) is 5.98. The Morgan fingerprint density at radius 3 is 2.56 bits per heavy atom. The summed E-state index contributed by atoms with van der Waals surface area (Å²) in [7, 11) is 0. The van der Waals surface area contributed by atoms with Gasteiger partial charge < -0.3 is 4.74 Å². The highest BCUT2D eigenvalue weighted by atomic mass is 16.5. The summed E-state index contributed by atoms with van der Waals surface area (Å²) in [6.45, 7) is 14.0. The molecule has 0 spiro atoms. The Labute approximate surface area is 198 Å². The second kappa shape index (κ2) is 9.83. The Kier molecular flexibility index (Phi) is 7.48. The monoisotopic (exact) mass is 442 g/mol. The van der Waals surface area contributed by atoms with E-state index < -0.39 is 0 Å². The maximum absolute atomic E-state index is 11.6. The molecule has 2 nitrogen and oxygen atoms in total. The maximum atomic E-state index is 11.6. The number of fused-ring (bicyclic) bond motifs is 4. The summed E-state index contributed by atoms with van der Waals surface area (Å²) in [5, 5.41) is 0. The van der Waals surface area contributed by atoms with Crippen molar-refractivity contribution in [3.8, 4) is 0 Å². The molecule has 2 fully saturated rings. The topological polar surface area (TPSA) is 26.3 Å². The fourth-order valence-electron chi connectivity index (χ4n) is 9.10. The highest BCUT2D eigenvalue weighted by Gasteiger charge is 2.56. The number of rotatable bonds is 7. The SMILES string of the molecule is CCC1C[C@@H]2[C@H](CC[C@]3(C)[C@@H]([C@H](C)CCCC(C)C)CC[C@@H]23)C2=C1C[C@@H](OC(C)=O)CC2. The van der Waals surface area contributed by atoms with Gasteiger partial charge in [-0.3, -0.25) is 4.79 Å². The molecule has 4 aliphatic rings. The van der Waals surface area contributed by atoms with Gasteiger partial charge in [0.25, 0.3) is 0 Å². The third-order valence-corrected chi connectivity index (χ3v) is 10.6. The molecule has 0 amide bonds. The van der Waals surface area contributed by atoms with E-state index in [4.69, 9.17) is 4.74 Å². The number of allylic oxidation sites excluding steroid dienone is 1. The highest BCUT2D eigenvalue weighted by molar-refractivity contribution is 5.66. The Morgan fingerprint density at radius 1 is 1.09 bits per heavy atom. The molecule has 0 radical (unpaired) electrons. The summed E-state index contributed by atoms with van der Waals surface area (Å²) < 4.78 is 5.67. The minimum atomic E-state index is -0.103. The van der Waals surface area contributed by atoms with Crippen molar-refractivity contribution in [2.45, 2.75) is 125 Å². The van der Waals surface area contributed by atoms with Crippen LogP contribution in [0, 0.1) is 46.8 Å². The lowest BCUT2D eigenvalue weighted by molar-refractivity contribution is -0.147. The number of hydrogen-bond acceptors (Lipinski definition) is 2. The van der Waals surface area contributed by atoms with E-state index in [1.165, 1.54) is 64.2 Å². The molecular weight excluding hydrogens is 392 g/mol. The van der Waals surface area contributed by atoms with Gasteiger partial charge in [0.15, 0.2) is 0 Å². The van der Waals surface area contributed by atoms with Crippen molar-refractivity contribution in [3.63, 3.8) is 0 Å². The molecule has 0 aromatic carbocycles. The molecule has 1 unspecified atom stereocenters. The van der Waals surface area contributed by atoms with Gasteiger partial charge in [-0.25, -0.2) is 0 Å². The molecule has 32 heavy (non-hydrogen) atoms. The van der Waals surface area contributed by atoms with Gasteiger partial charge in [-0.05, 0) is 98.2 Å². The summed E-state index contributed by atoms with van der Waals surface area (Å²) in [4.78, 5) is 11.6. The van der Waals surface area contributed by atoms with Crippen molar-refractivity contribution in [2.75, 3.05) is 0 Å². The molecule has 0 N–H and O–H groups in total. The van der Waals surface area contributed by atoms with Crippen LogP contribution in [0.3, 0.4) is 0 Å². The van der Waals surface area contributed by atoms with E-state index >= 15 is 0 Å². The Morgan fingerprint density at radius 2 is 1.88 bits per heavy atom. The summed E-state index contributed by atoms with van der Waals surface area (Å²) >= 11 is 0. The van der Waals surface area contributed by atoms with Crippen LogP contribution in [0.25, 0.3) is 0 Å². The predicted octanol–water partition coefficient (Wildman–Crippen LogP) is 8.35. The van der Waals surface area contributed by atoms with Crippen LogP contribution in [0.1, 0.15) is 119 Å². The minimum absolute atomic E-state index is 0.103. The molecule has 0 bridgehead atoms. The molecule has 0 aromatic rings. The Hall–Kier alpha value is -0.790. The first kappa shape index (κ1) is 24.3. The van der Waals surface area contributed by atoms with E-state index in [1.54, 1.807) is 12.5 Å². The maximum Gasteiger partial charge on any atom is 0.302 e. The average Bonchev–Trinajstić information content (AvgIpc) is 3.09. The fraction of sp³-hybridized carbons (Fsp3) is 0.900. The molecule has 2 heteroatoms. The number of carbonyl (C=O) groups excluding carboxylic acids is 1. The first-order valence-corrected chi connectivity index (χ1v) is 14.1. The van der Waals surface area contributed by atoms with Crippen LogP contribution in [0.2, 0.25) is 0 Å². The average molecular weight is 443 g/mol. The Bertz CT molecular complexity index is 706. The molecule has 0 heterocycles. The normalized spacial score (nSPS) is 40.0. The molecule has 182 valence electrons. The number of esters is 1. The molecular formula is C30H50O2. The van der Waals surface area contributed by atoms with E-state index in [0.717, 1.165) is 54.3 Å². The zero-order valence-electron chi connectivity index (χ0n) is 21.9. The van der Waals surface area contributed by atoms with Gasteiger partial charge in [-0.2, -0.15) is 0 Å². The van der Waals surface area contributed by atoms with E-state index in [1.807, 2.05) is 5.57 Å². The lowest BCUT2D eigenvalue weighted by Gasteiger charge is -2.54. The zero-order chi connectivity index (χ0) is 23.0. The Balaban J connectivity index is 1.50. The van der Waals surface area contributed by atoms with Crippen LogP contribution in [0.5, 0.6) is 0 Å². The van der Waals surface area contributed by atoms with Crippen molar-refractivity contribution in [1.82, 2.24) is 0 Å². The van der Waals surface area contributed by atoms with Gasteiger partial charge >= 0.3 is 5.97 Å². The molecule has 0 aliphatic heterocycles. The molecule has 4 aliphatic carbocycles. The highest BCUT2D eigenvalue weighted by Crippen LogP contribution is 2.65. The summed E-state index contributed by atoms with van der Waals surface area (Å²) in [6.07, 6.45) is 16.1. The lowest BCUT2D eigenvalue weighted by atomic mass is 9.50. The van der Waals surface area contributed by atoms with Crippen LogP contribution < -0.4 is 0 Å². The largest absolute Gasteiger partial charge is 0.462 e. The van der Waals surface area contributed by atoms with Crippen LogP contribution in [-0.4, -0.2) is 12.1 Å². The second-order valence-corrected chi connectivity index (χ2v) is 12.8. The van der Waals surface area contributed by atoms with E-state index in [2.05, 4.69) is 34.6 Å².